The minimum absolute atomic E-state index is 0.00373. The summed E-state index contributed by atoms with van der Waals surface area (Å²) in [6, 6.07) is 16.0. The lowest BCUT2D eigenvalue weighted by molar-refractivity contribution is -0.209. The molecule has 3 aromatic rings. The summed E-state index contributed by atoms with van der Waals surface area (Å²) < 4.78 is 107. The lowest BCUT2D eigenvalue weighted by Crippen LogP contribution is -2.34. The second-order valence-corrected chi connectivity index (χ2v) is 27.3. The molecule has 1 atom stereocenters. The summed E-state index contributed by atoms with van der Waals surface area (Å²) in [6.45, 7) is 21.5. The fourth-order valence-electron chi connectivity index (χ4n) is 9.90. The van der Waals surface area contributed by atoms with Gasteiger partial charge in [-0.2, -0.15) is 0 Å². The molecule has 1 aliphatic heterocycles. The molecule has 0 spiro atoms. The van der Waals surface area contributed by atoms with Gasteiger partial charge in [-0.3, -0.25) is 19.2 Å². The van der Waals surface area contributed by atoms with Crippen LogP contribution in [0.1, 0.15) is 84.6 Å². The maximum absolute atomic E-state index is 14.1. The molecular formula is C73H124N8O24PS-. The number of fused-ring (bicyclic) bond motifs is 5. The van der Waals surface area contributed by atoms with Crippen molar-refractivity contribution in [1.82, 2.24) is 36.3 Å². The Morgan fingerprint density at radius 1 is 0.430 bits per heavy atom. The van der Waals surface area contributed by atoms with Crippen LogP contribution in [0.3, 0.4) is 0 Å². The maximum Gasteiger partial charge on any atom is 0.227 e. The molecule has 0 bridgehead atoms. The van der Waals surface area contributed by atoms with Gasteiger partial charge in [0.1, 0.15) is 12.4 Å². The maximum atomic E-state index is 14.1. The molecule has 32 nitrogen and oxygen atoms in total. The van der Waals surface area contributed by atoms with Crippen molar-refractivity contribution < 1.29 is 114 Å². The number of carbonyl (C=O) groups is 4. The summed E-state index contributed by atoms with van der Waals surface area (Å²) >= 11 is 4.85. The lowest BCUT2D eigenvalue weighted by atomic mass is 9.95. The molecule has 1 aliphatic rings. The Morgan fingerprint density at radius 2 is 0.804 bits per heavy atom. The number of rotatable bonds is 74. The van der Waals surface area contributed by atoms with Crippen LogP contribution in [-0.4, -0.2) is 308 Å². The average molecular weight is 1560 g/mol. The van der Waals surface area contributed by atoms with E-state index in [1.54, 1.807) is 18.7 Å². The van der Waals surface area contributed by atoms with E-state index < -0.39 is 6.72 Å². The van der Waals surface area contributed by atoms with E-state index in [1.165, 1.54) is 0 Å². The number of ether oxygens (including phenoxy) is 17. The normalized spacial score (nSPS) is 12.6. The number of para-hydroxylation sites is 1. The number of hydrogen-bond donors (Lipinski definition) is 4. The van der Waals surface area contributed by atoms with E-state index in [4.69, 9.17) is 101 Å². The zero-order chi connectivity index (χ0) is 76.6. The van der Waals surface area contributed by atoms with E-state index in [2.05, 4.69) is 45.4 Å². The number of nitrogens with one attached hydrogen (secondary N) is 4. The van der Waals surface area contributed by atoms with Gasteiger partial charge in [-0.25, -0.2) is 4.68 Å². The van der Waals surface area contributed by atoms with Crippen LogP contribution < -0.4 is 31.1 Å². The highest BCUT2D eigenvalue weighted by atomic mass is 32.5. The van der Waals surface area contributed by atoms with E-state index in [-0.39, 0.29) is 81.7 Å². The largest absolute Gasteiger partial charge is 0.780 e. The van der Waals surface area contributed by atoms with Gasteiger partial charge in [0, 0.05) is 69.0 Å². The van der Waals surface area contributed by atoms with Crippen LogP contribution in [0.2, 0.25) is 0 Å². The van der Waals surface area contributed by atoms with Gasteiger partial charge >= 0.3 is 0 Å². The molecular weight excluding hydrogens is 1440 g/mol. The summed E-state index contributed by atoms with van der Waals surface area (Å²) in [4.78, 5) is 64.8. The number of benzene rings is 2. The van der Waals surface area contributed by atoms with Crippen LogP contribution in [0.25, 0.3) is 22.5 Å². The summed E-state index contributed by atoms with van der Waals surface area (Å²) in [5.74, 6) is -0.619. The predicted octanol–water partition coefficient (Wildman–Crippen LogP) is 4.23. The second kappa shape index (κ2) is 64.9. The molecule has 4 amide bonds. The van der Waals surface area contributed by atoms with Crippen molar-refractivity contribution in [2.45, 2.75) is 104 Å². The average Bonchev–Trinajstić information content (AvgIpc) is 1.69. The van der Waals surface area contributed by atoms with Crippen LogP contribution in [0.4, 0.5) is 5.69 Å². The van der Waals surface area contributed by atoms with E-state index in [9.17, 15) is 24.1 Å². The fraction of sp³-hybridized carbons (Fsp3) is 0.753. The number of anilines is 1. The Bertz CT molecular complexity index is 2770. The number of nitrogens with zero attached hydrogens (tertiary/aromatic N) is 4. The van der Waals surface area contributed by atoms with Crippen LogP contribution in [0, 0.1) is 0 Å². The molecule has 612 valence electrons. The molecule has 0 radical (unpaired) electrons. The zero-order valence-corrected chi connectivity index (χ0v) is 65.6. The van der Waals surface area contributed by atoms with Gasteiger partial charge in [0.05, 0.1) is 262 Å². The third kappa shape index (κ3) is 50.0. The van der Waals surface area contributed by atoms with E-state index >= 15 is 0 Å². The van der Waals surface area contributed by atoms with Gasteiger partial charge in [-0.1, -0.05) is 86.2 Å². The SMILES string of the molecule is CC(C)NCCOCCOCCOCCNC(=O)CCOCCOCCOCCOCCNC(=O)CCC(=O)N1Cc2ccccc2-c2nnn(CCOCCOCCOCCOCCOCCOCCOCCOCCOCCOCCC(=O)NCCCCCCOP([O-])(=S)OC(C)C)c2-c2ccccc21. The fourth-order valence-corrected chi connectivity index (χ4v) is 11.6. The first kappa shape index (κ1) is 94.6. The highest BCUT2D eigenvalue weighted by Gasteiger charge is 2.29. The van der Waals surface area contributed by atoms with Crippen LogP contribution in [-0.2, 0) is 134 Å². The molecule has 2 heterocycles. The third-order valence-corrected chi connectivity index (χ3v) is 16.9. The van der Waals surface area contributed by atoms with Gasteiger partial charge in [0.2, 0.25) is 23.6 Å². The molecule has 0 aliphatic carbocycles. The minimum atomic E-state index is -3.41. The molecule has 2 aromatic carbocycles. The first-order valence-corrected chi connectivity index (χ1v) is 40.3. The quantitative estimate of drug-likeness (QED) is 0.0453. The number of unbranched alkanes of at least 4 members (excludes halogenated alkanes) is 3. The topological polar surface area (TPSA) is 349 Å². The molecule has 0 fully saturated rings. The molecule has 107 heavy (non-hydrogen) atoms. The van der Waals surface area contributed by atoms with Gasteiger partial charge in [-0.15, -0.1) is 5.10 Å². The first-order valence-electron chi connectivity index (χ1n) is 37.7. The molecule has 0 saturated heterocycles. The van der Waals surface area contributed by atoms with E-state index in [0.29, 0.717) is 255 Å². The zero-order valence-electron chi connectivity index (χ0n) is 63.9. The Morgan fingerprint density at radius 3 is 1.25 bits per heavy atom. The van der Waals surface area contributed by atoms with Crippen molar-refractivity contribution in [3.05, 3.63) is 54.1 Å². The highest BCUT2D eigenvalue weighted by Crippen LogP contribution is 2.42. The Balaban J connectivity index is 0.900. The Hall–Kier alpha value is -4.73. The Labute approximate surface area is 638 Å². The second-order valence-electron chi connectivity index (χ2n) is 24.6. The molecule has 4 N–H and O–H groups in total. The van der Waals surface area contributed by atoms with Crippen molar-refractivity contribution in [2.75, 3.05) is 262 Å². The smallest absolute Gasteiger partial charge is 0.227 e. The Kier molecular flexibility index (Phi) is 57.4. The summed E-state index contributed by atoms with van der Waals surface area (Å²) in [5, 5.41) is 21.0. The third-order valence-electron chi connectivity index (χ3n) is 15.2. The highest BCUT2D eigenvalue weighted by molar-refractivity contribution is 8.06. The molecule has 1 aromatic heterocycles. The standard InChI is InChI=1S/C73H125N8O24PS/c1-62(2)74-22-29-89-35-41-95-42-36-91-31-24-77-70(84)20-28-88-34-40-93-45-47-96-43-37-90-30-23-76-68(82)17-18-71(85)80-61-64-13-7-8-14-65(64)72-73(66-15-9-10-16-67(66)80)81(79-78-72)25-32-92-38-44-97-48-50-99-52-54-101-56-58-103-60-59-102-57-55-100-53-51-98-49-46-94-39-33-87-27-19-69(83)75-21-11-5-6-12-26-104-106(86,107)105-63(3)4/h7-10,13-16,62-63,74H,5-6,11-12,17-61H2,1-4H3,(H,75,83)(H,76,82)(H,77,84)(H,86,107)/p-1. The summed E-state index contributed by atoms with van der Waals surface area (Å²) in [7, 11) is 0. The van der Waals surface area contributed by atoms with Gasteiger partial charge in [0.15, 0.2) is 0 Å². The summed E-state index contributed by atoms with van der Waals surface area (Å²) in [5.41, 5.74) is 4.71. The van der Waals surface area contributed by atoms with Crippen molar-refractivity contribution in [2.24, 2.45) is 0 Å². The summed E-state index contributed by atoms with van der Waals surface area (Å²) in [6.07, 6.45) is 3.64. The van der Waals surface area contributed by atoms with Crippen molar-refractivity contribution in [3.8, 4) is 22.5 Å². The van der Waals surface area contributed by atoms with Crippen LogP contribution in [0.5, 0.6) is 0 Å². The van der Waals surface area contributed by atoms with Crippen molar-refractivity contribution in [3.63, 3.8) is 0 Å². The van der Waals surface area contributed by atoms with Crippen LogP contribution >= 0.6 is 6.72 Å². The van der Waals surface area contributed by atoms with Gasteiger partial charge in [0.25, 0.3) is 0 Å². The lowest BCUT2D eigenvalue weighted by Gasteiger charge is -2.29. The van der Waals surface area contributed by atoms with Crippen molar-refractivity contribution in [1.29, 1.82) is 0 Å². The van der Waals surface area contributed by atoms with Crippen molar-refractivity contribution >= 4 is 47.8 Å². The predicted molar refractivity (Wildman–Crippen MR) is 402 cm³/mol. The molecule has 34 heteroatoms. The minimum Gasteiger partial charge on any atom is -0.780 e. The number of aromatic nitrogens is 3. The van der Waals surface area contributed by atoms with Crippen LogP contribution in [0.15, 0.2) is 48.5 Å². The van der Waals surface area contributed by atoms with E-state index in [0.717, 1.165) is 54.6 Å². The molecule has 1 unspecified atom stereocenters. The number of carbonyl (C=O) groups excluding carboxylic acids is 4. The monoisotopic (exact) mass is 1560 g/mol. The van der Waals surface area contributed by atoms with Gasteiger partial charge < -0.3 is 121 Å². The van der Waals surface area contributed by atoms with E-state index in [1.807, 2.05) is 53.2 Å². The van der Waals surface area contributed by atoms with Gasteiger partial charge in [-0.05, 0) is 38.3 Å². The number of hydrogen-bond acceptors (Lipinski definition) is 28. The molecule has 4 rings (SSSR count). The first-order chi connectivity index (χ1) is 52.3. The molecule has 0 saturated carbocycles. The number of amides is 4.